The Morgan fingerprint density at radius 1 is 1.28 bits per heavy atom. The van der Waals surface area contributed by atoms with Crippen molar-refractivity contribution in [3.63, 3.8) is 0 Å². The number of nitrogens with zero attached hydrogens (tertiary/aromatic N) is 3. The summed E-state index contributed by atoms with van der Waals surface area (Å²) in [4.78, 5) is 21.9. The van der Waals surface area contributed by atoms with Crippen molar-refractivity contribution in [2.45, 2.75) is 65.6 Å². The fourth-order valence-corrected chi connectivity index (χ4v) is 3.52. The predicted molar refractivity (Wildman–Crippen MR) is 130 cm³/mol. The summed E-state index contributed by atoms with van der Waals surface area (Å²) in [6.45, 7) is 17.4. The van der Waals surface area contributed by atoms with Gasteiger partial charge in [-0.1, -0.05) is 26.0 Å². The molecule has 2 heterocycles. The van der Waals surface area contributed by atoms with Crippen molar-refractivity contribution in [3.05, 3.63) is 12.2 Å². The molecule has 2 aliphatic heterocycles. The van der Waals surface area contributed by atoms with Crippen LogP contribution in [0.3, 0.4) is 0 Å². The third-order valence-corrected chi connectivity index (χ3v) is 5.11. The van der Waals surface area contributed by atoms with Gasteiger partial charge in [-0.3, -0.25) is 9.89 Å². The van der Waals surface area contributed by atoms with Gasteiger partial charge < -0.3 is 20.3 Å². The van der Waals surface area contributed by atoms with E-state index in [1.54, 1.807) is 0 Å². The highest BCUT2D eigenvalue weighted by molar-refractivity contribution is 14.0. The lowest BCUT2D eigenvalue weighted by Gasteiger charge is -2.27. The minimum Gasteiger partial charge on any atom is -0.444 e. The highest BCUT2D eigenvalue weighted by Crippen LogP contribution is 2.18. The molecule has 2 N–H and O–H groups in total. The van der Waals surface area contributed by atoms with Gasteiger partial charge in [-0.25, -0.2) is 4.79 Å². The number of hydrogen-bond acceptors (Lipinski definition) is 4. The van der Waals surface area contributed by atoms with Gasteiger partial charge in [0, 0.05) is 38.8 Å². The van der Waals surface area contributed by atoms with E-state index in [-0.39, 0.29) is 42.0 Å². The smallest absolute Gasteiger partial charge is 0.407 e. The van der Waals surface area contributed by atoms with E-state index in [1.807, 2.05) is 20.8 Å². The number of likely N-dealkylation sites (tertiary alicyclic amines) is 1. The van der Waals surface area contributed by atoms with E-state index in [9.17, 15) is 4.79 Å². The maximum absolute atomic E-state index is 12.2. The molecule has 1 fully saturated rings. The van der Waals surface area contributed by atoms with Gasteiger partial charge in [0.15, 0.2) is 5.96 Å². The first kappa shape index (κ1) is 26.0. The quantitative estimate of drug-likeness (QED) is 0.244. The van der Waals surface area contributed by atoms with Crippen molar-refractivity contribution < 1.29 is 9.53 Å². The van der Waals surface area contributed by atoms with Crippen LogP contribution >= 0.6 is 24.0 Å². The van der Waals surface area contributed by atoms with Gasteiger partial charge in [0.1, 0.15) is 5.60 Å². The molecule has 0 aromatic heterocycles. The minimum atomic E-state index is -0.501. The molecule has 0 spiro atoms. The molecule has 0 radical (unpaired) electrons. The van der Waals surface area contributed by atoms with Crippen LogP contribution in [-0.4, -0.2) is 78.8 Å². The molecule has 0 aromatic carbocycles. The van der Waals surface area contributed by atoms with Gasteiger partial charge >= 0.3 is 6.09 Å². The zero-order chi connectivity index (χ0) is 20.7. The average Bonchev–Trinajstić information content (AvgIpc) is 3.26. The van der Waals surface area contributed by atoms with Crippen molar-refractivity contribution in [2.24, 2.45) is 10.9 Å². The summed E-state index contributed by atoms with van der Waals surface area (Å²) in [6.07, 6.45) is 5.28. The van der Waals surface area contributed by atoms with Crippen LogP contribution in [0.1, 0.15) is 48.0 Å². The van der Waals surface area contributed by atoms with E-state index in [2.05, 4.69) is 53.4 Å². The number of carbonyl (C=O) groups excluding carboxylic acids is 1. The van der Waals surface area contributed by atoms with Gasteiger partial charge in [-0.15, -0.1) is 24.0 Å². The number of amides is 1. The molecular weight excluding hydrogens is 481 g/mol. The van der Waals surface area contributed by atoms with Crippen LogP contribution in [0.25, 0.3) is 0 Å². The normalized spacial score (nSPS) is 21.3. The number of ether oxygens (including phenoxy) is 1. The highest BCUT2D eigenvalue weighted by Gasteiger charge is 2.30. The third-order valence-electron chi connectivity index (χ3n) is 5.11. The number of alkyl carbamates (subject to hydrolysis) is 1. The van der Waals surface area contributed by atoms with Crippen molar-refractivity contribution in [3.8, 4) is 0 Å². The summed E-state index contributed by atoms with van der Waals surface area (Å²) < 4.78 is 5.41. The van der Waals surface area contributed by atoms with Crippen LogP contribution in [0.5, 0.6) is 0 Å². The second kappa shape index (κ2) is 12.0. The van der Waals surface area contributed by atoms with E-state index in [0.29, 0.717) is 12.6 Å². The van der Waals surface area contributed by atoms with E-state index in [0.717, 1.165) is 45.1 Å². The van der Waals surface area contributed by atoms with Gasteiger partial charge in [0.2, 0.25) is 0 Å². The Balaban J connectivity index is 0.00000420. The fraction of sp³-hybridized carbons (Fsp3) is 0.810. The zero-order valence-corrected chi connectivity index (χ0v) is 21.2. The van der Waals surface area contributed by atoms with Crippen molar-refractivity contribution in [2.75, 3.05) is 39.3 Å². The first-order chi connectivity index (χ1) is 13.2. The molecule has 0 saturated carbocycles. The standard InChI is InChI=1S/C21H39N5O2.HI/c1-7-22-19(26-13-10-17(15-26)25-11-8-9-12-25)23-14-18(16(2)3)24-20(27)28-21(4,5)6;/h8-9,16-18H,7,10-15H2,1-6H3,(H,22,23)(H,24,27);1H. The number of hydrogen-bond donors (Lipinski definition) is 2. The van der Waals surface area contributed by atoms with E-state index in [1.165, 1.54) is 0 Å². The lowest BCUT2D eigenvalue weighted by molar-refractivity contribution is 0.0493. The van der Waals surface area contributed by atoms with Crippen LogP contribution in [0, 0.1) is 5.92 Å². The Hall–Kier alpha value is -1.03. The largest absolute Gasteiger partial charge is 0.444 e. The summed E-state index contributed by atoms with van der Waals surface area (Å²) in [5, 5.41) is 6.40. The van der Waals surface area contributed by atoms with Gasteiger partial charge in [-0.2, -0.15) is 0 Å². The van der Waals surface area contributed by atoms with E-state index < -0.39 is 5.60 Å². The molecule has 29 heavy (non-hydrogen) atoms. The lowest BCUT2D eigenvalue weighted by atomic mass is 10.1. The van der Waals surface area contributed by atoms with Crippen LogP contribution in [0.4, 0.5) is 4.79 Å². The summed E-state index contributed by atoms with van der Waals surface area (Å²) in [6, 6.07) is 0.518. The molecular formula is C21H40IN5O2. The lowest BCUT2D eigenvalue weighted by Crippen LogP contribution is -2.46. The summed E-state index contributed by atoms with van der Waals surface area (Å²) >= 11 is 0. The maximum atomic E-state index is 12.2. The summed E-state index contributed by atoms with van der Waals surface area (Å²) in [7, 11) is 0. The summed E-state index contributed by atoms with van der Waals surface area (Å²) in [5.41, 5.74) is -0.501. The minimum absolute atomic E-state index is 0. The molecule has 8 heteroatoms. The van der Waals surface area contributed by atoms with Crippen LogP contribution < -0.4 is 10.6 Å². The molecule has 0 aromatic rings. The number of nitrogens with one attached hydrogen (secondary N) is 2. The Labute approximate surface area is 193 Å². The van der Waals surface area contributed by atoms with Gasteiger partial charge in [0.25, 0.3) is 0 Å². The molecule has 2 atom stereocenters. The van der Waals surface area contributed by atoms with Gasteiger partial charge in [-0.05, 0) is 40.0 Å². The molecule has 2 unspecified atom stereocenters. The predicted octanol–water partition coefficient (Wildman–Crippen LogP) is 3.07. The number of rotatable bonds is 6. The second-order valence-corrected chi connectivity index (χ2v) is 9.01. The maximum Gasteiger partial charge on any atom is 0.407 e. The fourth-order valence-electron chi connectivity index (χ4n) is 3.52. The Morgan fingerprint density at radius 2 is 1.93 bits per heavy atom. The monoisotopic (exact) mass is 521 g/mol. The molecule has 168 valence electrons. The van der Waals surface area contributed by atoms with Crippen molar-refractivity contribution in [1.82, 2.24) is 20.4 Å². The van der Waals surface area contributed by atoms with E-state index in [4.69, 9.17) is 9.73 Å². The molecule has 2 aliphatic rings. The van der Waals surface area contributed by atoms with Gasteiger partial charge in [0.05, 0.1) is 12.6 Å². The van der Waals surface area contributed by atoms with Crippen molar-refractivity contribution >= 4 is 36.0 Å². The first-order valence-corrected chi connectivity index (χ1v) is 10.6. The zero-order valence-electron chi connectivity index (χ0n) is 18.9. The second-order valence-electron chi connectivity index (χ2n) is 9.01. The molecule has 1 amide bonds. The van der Waals surface area contributed by atoms with Crippen molar-refractivity contribution in [1.29, 1.82) is 0 Å². The topological polar surface area (TPSA) is 69.2 Å². The molecule has 1 saturated heterocycles. The van der Waals surface area contributed by atoms with Crippen LogP contribution in [-0.2, 0) is 4.74 Å². The molecule has 2 rings (SSSR count). The Morgan fingerprint density at radius 3 is 2.48 bits per heavy atom. The number of halogens is 1. The van der Waals surface area contributed by atoms with Crippen LogP contribution in [0.2, 0.25) is 0 Å². The molecule has 0 aliphatic carbocycles. The molecule has 7 nitrogen and oxygen atoms in total. The van der Waals surface area contributed by atoms with Crippen LogP contribution in [0.15, 0.2) is 17.1 Å². The Kier molecular flexibility index (Phi) is 10.7. The molecule has 0 bridgehead atoms. The average molecular weight is 521 g/mol. The van der Waals surface area contributed by atoms with E-state index >= 15 is 0 Å². The number of carbonyl (C=O) groups is 1. The Bertz CT molecular complexity index is 566. The SMILES string of the molecule is CCNC(=NCC(NC(=O)OC(C)(C)C)C(C)C)N1CCC(N2CC=CC2)C1.I. The number of guanidine groups is 1. The highest BCUT2D eigenvalue weighted by atomic mass is 127. The third kappa shape index (κ3) is 8.70. The number of aliphatic imine (C=N–C) groups is 1. The summed E-state index contributed by atoms with van der Waals surface area (Å²) in [5.74, 6) is 1.20. The first-order valence-electron chi connectivity index (χ1n) is 10.6.